The normalized spacial score (nSPS) is 11.0. The van der Waals surface area contributed by atoms with Gasteiger partial charge in [0.15, 0.2) is 0 Å². The van der Waals surface area contributed by atoms with Gasteiger partial charge in [0.2, 0.25) is 0 Å². The average Bonchev–Trinajstić information content (AvgIpc) is 2.02. The van der Waals surface area contributed by atoms with E-state index < -0.39 is 0 Å². The predicted molar refractivity (Wildman–Crippen MR) is 54.6 cm³/mol. The Morgan fingerprint density at radius 2 is 1.67 bits per heavy atom. The molecular formula is C9H23N3. The van der Waals surface area contributed by atoms with E-state index >= 15 is 0 Å². The van der Waals surface area contributed by atoms with Crippen molar-refractivity contribution >= 4 is 0 Å². The molecule has 0 aromatic rings. The van der Waals surface area contributed by atoms with Crippen LogP contribution < -0.4 is 10.6 Å². The van der Waals surface area contributed by atoms with Crippen LogP contribution in [0.2, 0.25) is 0 Å². The second kappa shape index (κ2) is 8.97. The monoisotopic (exact) mass is 173 g/mol. The first-order valence-electron chi connectivity index (χ1n) is 4.77. The van der Waals surface area contributed by atoms with Gasteiger partial charge in [-0.25, -0.2) is 0 Å². The predicted octanol–water partition coefficient (Wildman–Crippen LogP) is 0.137. The summed E-state index contributed by atoms with van der Waals surface area (Å²) in [5, 5.41) is 6.55. The number of nitrogens with zero attached hydrogens (tertiary/aromatic N) is 1. The topological polar surface area (TPSA) is 27.3 Å². The zero-order valence-electron chi connectivity index (χ0n) is 8.69. The summed E-state index contributed by atoms with van der Waals surface area (Å²) in [6, 6.07) is 0. The quantitative estimate of drug-likeness (QED) is 0.511. The summed E-state index contributed by atoms with van der Waals surface area (Å²) in [6.45, 7) is 4.52. The van der Waals surface area contributed by atoms with Crippen molar-refractivity contribution in [2.24, 2.45) is 0 Å². The molecule has 0 unspecified atom stereocenters. The van der Waals surface area contributed by atoms with Crippen LogP contribution in [-0.4, -0.2) is 52.2 Å². The Bertz CT molecular complexity index is 83.8. The maximum atomic E-state index is 3.41. The molecular weight excluding hydrogens is 150 g/mol. The fourth-order valence-corrected chi connectivity index (χ4v) is 0.979. The molecule has 0 heterocycles. The summed E-state index contributed by atoms with van der Waals surface area (Å²) >= 11 is 0. The van der Waals surface area contributed by atoms with Gasteiger partial charge in [0.1, 0.15) is 0 Å². The number of hydrogen-bond donors (Lipinski definition) is 2. The Labute approximate surface area is 76.5 Å². The summed E-state index contributed by atoms with van der Waals surface area (Å²) in [6.07, 6.45) is 2.54. The highest BCUT2D eigenvalue weighted by Crippen LogP contribution is 1.83. The first kappa shape index (κ1) is 11.9. The van der Waals surface area contributed by atoms with Crippen LogP contribution in [0.5, 0.6) is 0 Å². The fraction of sp³-hybridized carbons (Fsp3) is 1.00. The van der Waals surface area contributed by atoms with Crippen LogP contribution in [0.25, 0.3) is 0 Å². The van der Waals surface area contributed by atoms with Gasteiger partial charge in [-0.3, -0.25) is 0 Å². The van der Waals surface area contributed by atoms with Crippen molar-refractivity contribution in [3.05, 3.63) is 0 Å². The van der Waals surface area contributed by atoms with E-state index in [2.05, 4.69) is 29.6 Å². The minimum Gasteiger partial charge on any atom is -0.320 e. The van der Waals surface area contributed by atoms with Crippen molar-refractivity contribution in [2.75, 3.05) is 47.3 Å². The molecule has 0 aromatic heterocycles. The molecule has 0 radical (unpaired) electrons. The molecule has 74 valence electrons. The zero-order valence-corrected chi connectivity index (χ0v) is 8.69. The molecule has 0 spiro atoms. The summed E-state index contributed by atoms with van der Waals surface area (Å²) < 4.78 is 0. The van der Waals surface area contributed by atoms with E-state index in [-0.39, 0.29) is 0 Å². The van der Waals surface area contributed by atoms with E-state index in [0.717, 1.165) is 26.2 Å². The van der Waals surface area contributed by atoms with Gasteiger partial charge in [-0.2, -0.15) is 0 Å². The molecule has 0 atom stereocenters. The first-order valence-corrected chi connectivity index (χ1v) is 4.77. The van der Waals surface area contributed by atoms with Gasteiger partial charge >= 0.3 is 0 Å². The fourth-order valence-electron chi connectivity index (χ4n) is 0.979. The second-order valence-corrected chi connectivity index (χ2v) is 3.36. The smallest absolute Gasteiger partial charge is 0.0101 e. The second-order valence-electron chi connectivity index (χ2n) is 3.36. The van der Waals surface area contributed by atoms with Crippen LogP contribution in [0, 0.1) is 0 Å². The van der Waals surface area contributed by atoms with Crippen molar-refractivity contribution in [3.63, 3.8) is 0 Å². The van der Waals surface area contributed by atoms with Gasteiger partial charge in [0.05, 0.1) is 0 Å². The summed E-state index contributed by atoms with van der Waals surface area (Å²) in [7, 11) is 6.20. The standard InChI is InChI=1S/C9H23N3/c1-10-6-4-5-7-11-8-9-12(2)3/h10-11H,4-9H2,1-3H3. The first-order chi connectivity index (χ1) is 5.77. The lowest BCUT2D eigenvalue weighted by Crippen LogP contribution is -2.27. The number of rotatable bonds is 8. The highest BCUT2D eigenvalue weighted by molar-refractivity contribution is 4.51. The molecule has 0 rings (SSSR count). The van der Waals surface area contributed by atoms with Crippen molar-refractivity contribution in [1.82, 2.24) is 15.5 Å². The van der Waals surface area contributed by atoms with Crippen LogP contribution in [0.4, 0.5) is 0 Å². The van der Waals surface area contributed by atoms with Gasteiger partial charge in [0.25, 0.3) is 0 Å². The molecule has 0 amide bonds. The Hall–Kier alpha value is -0.120. The van der Waals surface area contributed by atoms with Gasteiger partial charge in [-0.05, 0) is 47.1 Å². The van der Waals surface area contributed by atoms with Gasteiger partial charge in [-0.15, -0.1) is 0 Å². The van der Waals surface area contributed by atoms with E-state index in [4.69, 9.17) is 0 Å². The zero-order chi connectivity index (χ0) is 9.23. The SMILES string of the molecule is CNCCCCNCCN(C)C. The molecule has 0 bridgehead atoms. The average molecular weight is 173 g/mol. The number of unbranched alkanes of at least 4 members (excludes halogenated alkanes) is 1. The maximum absolute atomic E-state index is 3.41. The number of nitrogens with one attached hydrogen (secondary N) is 2. The molecule has 3 heteroatoms. The molecule has 12 heavy (non-hydrogen) atoms. The van der Waals surface area contributed by atoms with Crippen LogP contribution in [-0.2, 0) is 0 Å². The van der Waals surface area contributed by atoms with Gasteiger partial charge in [0, 0.05) is 13.1 Å². The van der Waals surface area contributed by atoms with Gasteiger partial charge in [-0.1, -0.05) is 0 Å². The molecule has 0 aliphatic heterocycles. The highest BCUT2D eigenvalue weighted by atomic mass is 15.1. The van der Waals surface area contributed by atoms with Crippen LogP contribution >= 0.6 is 0 Å². The Morgan fingerprint density at radius 1 is 1.00 bits per heavy atom. The third-order valence-corrected chi connectivity index (χ3v) is 1.77. The maximum Gasteiger partial charge on any atom is 0.0101 e. The Kier molecular flexibility index (Phi) is 8.88. The van der Waals surface area contributed by atoms with E-state index in [1.807, 2.05) is 7.05 Å². The molecule has 0 aliphatic carbocycles. The lowest BCUT2D eigenvalue weighted by Gasteiger charge is -2.09. The van der Waals surface area contributed by atoms with Crippen molar-refractivity contribution in [3.8, 4) is 0 Å². The summed E-state index contributed by atoms with van der Waals surface area (Å²) in [5.74, 6) is 0. The number of hydrogen-bond acceptors (Lipinski definition) is 3. The molecule has 2 N–H and O–H groups in total. The van der Waals surface area contributed by atoms with E-state index in [1.54, 1.807) is 0 Å². The van der Waals surface area contributed by atoms with Crippen LogP contribution in [0.1, 0.15) is 12.8 Å². The largest absolute Gasteiger partial charge is 0.320 e. The molecule has 0 aliphatic rings. The molecule has 3 nitrogen and oxygen atoms in total. The molecule has 0 saturated carbocycles. The van der Waals surface area contributed by atoms with E-state index in [9.17, 15) is 0 Å². The third-order valence-electron chi connectivity index (χ3n) is 1.77. The van der Waals surface area contributed by atoms with Crippen molar-refractivity contribution < 1.29 is 0 Å². The molecule has 0 aromatic carbocycles. The third kappa shape index (κ3) is 9.88. The minimum atomic E-state index is 1.10. The molecule has 0 saturated heterocycles. The number of likely N-dealkylation sites (N-methyl/N-ethyl adjacent to an activating group) is 1. The van der Waals surface area contributed by atoms with Crippen molar-refractivity contribution in [2.45, 2.75) is 12.8 Å². The Balaban J connectivity index is 2.82. The van der Waals surface area contributed by atoms with Crippen LogP contribution in [0.3, 0.4) is 0 Å². The minimum absolute atomic E-state index is 1.10. The van der Waals surface area contributed by atoms with E-state index in [0.29, 0.717) is 0 Å². The van der Waals surface area contributed by atoms with Crippen LogP contribution in [0.15, 0.2) is 0 Å². The summed E-state index contributed by atoms with van der Waals surface area (Å²) in [5.41, 5.74) is 0. The summed E-state index contributed by atoms with van der Waals surface area (Å²) in [4.78, 5) is 2.20. The van der Waals surface area contributed by atoms with Gasteiger partial charge < -0.3 is 15.5 Å². The van der Waals surface area contributed by atoms with Crippen molar-refractivity contribution in [1.29, 1.82) is 0 Å². The lowest BCUT2D eigenvalue weighted by atomic mass is 10.3. The van der Waals surface area contributed by atoms with E-state index in [1.165, 1.54) is 12.8 Å². The lowest BCUT2D eigenvalue weighted by molar-refractivity contribution is 0.399. The Morgan fingerprint density at radius 3 is 2.25 bits per heavy atom. The molecule has 0 fully saturated rings. The highest BCUT2D eigenvalue weighted by Gasteiger charge is 1.89.